The summed E-state index contributed by atoms with van der Waals surface area (Å²) in [5, 5.41) is 11.4. The Hall–Kier alpha value is -1.89. The fourth-order valence-corrected chi connectivity index (χ4v) is 2.68. The van der Waals surface area contributed by atoms with Crippen molar-refractivity contribution >= 4 is 5.91 Å². The van der Waals surface area contributed by atoms with Crippen LogP contribution >= 0.6 is 0 Å². The van der Waals surface area contributed by atoms with Gasteiger partial charge in [-0.15, -0.1) is 0 Å². The number of hydrogen-bond donors (Lipinski definition) is 1. The second-order valence-corrected chi connectivity index (χ2v) is 5.38. The van der Waals surface area contributed by atoms with Crippen LogP contribution in [-0.2, 0) is 11.3 Å². The number of nitrogens with one attached hydrogen (secondary N) is 1. The molecule has 0 aromatic heterocycles. The predicted octanol–water partition coefficient (Wildman–Crippen LogP) is 3.28. The quantitative estimate of drug-likeness (QED) is 0.895. The molecule has 0 radical (unpaired) electrons. The van der Waals surface area contributed by atoms with E-state index in [1.165, 1.54) is 31.7 Å². The molecule has 0 heterocycles. The first-order valence-corrected chi connectivity index (χ1v) is 7.14. The van der Waals surface area contributed by atoms with Crippen LogP contribution in [0.25, 0.3) is 0 Å². The molecule has 3 nitrogen and oxygen atoms in total. The lowest BCUT2D eigenvalue weighted by Gasteiger charge is -2.09. The normalized spacial score (nSPS) is 15.0. The summed E-state index contributed by atoms with van der Waals surface area (Å²) in [5.41, 5.74) is 0.706. The molecule has 0 unspecified atom stereocenters. The van der Waals surface area contributed by atoms with Gasteiger partial charge in [0.15, 0.2) is 0 Å². The van der Waals surface area contributed by atoms with Crippen molar-refractivity contribution in [2.45, 2.75) is 45.1 Å². The highest BCUT2D eigenvalue weighted by Crippen LogP contribution is 2.28. The first kappa shape index (κ1) is 14.5. The van der Waals surface area contributed by atoms with E-state index in [2.05, 4.69) is 5.32 Å². The molecule has 1 saturated carbocycles. The number of nitriles is 1. The number of hydrogen-bond acceptors (Lipinski definition) is 2. The van der Waals surface area contributed by atoms with Crippen LogP contribution in [0.15, 0.2) is 18.2 Å². The maximum absolute atomic E-state index is 13.6. The van der Waals surface area contributed by atoms with E-state index in [-0.39, 0.29) is 12.5 Å². The standard InChI is InChI=1S/C16H19FN2O/c17-15-9-13(10-18)5-7-14(15)11-19-16(20)8-6-12-3-1-2-4-12/h5,7,9,12H,1-4,6,8,11H2,(H,19,20). The largest absolute Gasteiger partial charge is 0.352 e. The minimum atomic E-state index is -0.444. The third-order valence-electron chi connectivity index (χ3n) is 3.91. The smallest absolute Gasteiger partial charge is 0.220 e. The summed E-state index contributed by atoms with van der Waals surface area (Å²) in [7, 11) is 0. The lowest BCUT2D eigenvalue weighted by Crippen LogP contribution is -2.23. The van der Waals surface area contributed by atoms with E-state index < -0.39 is 5.82 Å². The molecule has 1 fully saturated rings. The van der Waals surface area contributed by atoms with Crippen molar-refractivity contribution in [3.63, 3.8) is 0 Å². The Morgan fingerprint density at radius 2 is 2.15 bits per heavy atom. The summed E-state index contributed by atoms with van der Waals surface area (Å²) in [4.78, 5) is 11.7. The van der Waals surface area contributed by atoms with Gasteiger partial charge >= 0.3 is 0 Å². The maximum Gasteiger partial charge on any atom is 0.220 e. The van der Waals surface area contributed by atoms with E-state index in [0.717, 1.165) is 6.42 Å². The zero-order valence-electron chi connectivity index (χ0n) is 11.5. The van der Waals surface area contributed by atoms with Gasteiger partial charge in [0.05, 0.1) is 11.6 Å². The lowest BCUT2D eigenvalue weighted by atomic mass is 10.0. The molecule has 1 aromatic carbocycles. The van der Waals surface area contributed by atoms with Gasteiger partial charge in [-0.3, -0.25) is 4.79 Å². The van der Waals surface area contributed by atoms with Gasteiger partial charge < -0.3 is 5.32 Å². The Balaban J connectivity index is 1.76. The summed E-state index contributed by atoms with van der Waals surface area (Å²) in [6, 6.07) is 6.18. The highest BCUT2D eigenvalue weighted by Gasteiger charge is 2.16. The molecule has 0 bridgehead atoms. The second-order valence-electron chi connectivity index (χ2n) is 5.38. The van der Waals surface area contributed by atoms with Crippen molar-refractivity contribution in [2.75, 3.05) is 0 Å². The molecule has 0 aliphatic heterocycles. The summed E-state index contributed by atoms with van der Waals surface area (Å²) in [6.07, 6.45) is 6.48. The third-order valence-corrected chi connectivity index (χ3v) is 3.91. The van der Waals surface area contributed by atoms with Gasteiger partial charge in [0.1, 0.15) is 5.82 Å². The zero-order valence-corrected chi connectivity index (χ0v) is 11.5. The SMILES string of the molecule is N#Cc1ccc(CNC(=O)CCC2CCCC2)c(F)c1. The van der Waals surface area contributed by atoms with E-state index >= 15 is 0 Å². The fraction of sp³-hybridized carbons (Fsp3) is 0.500. The monoisotopic (exact) mass is 274 g/mol. The van der Waals surface area contributed by atoms with Gasteiger partial charge in [0.2, 0.25) is 5.91 Å². The first-order chi connectivity index (χ1) is 9.69. The average molecular weight is 274 g/mol. The number of nitrogens with zero attached hydrogens (tertiary/aromatic N) is 1. The van der Waals surface area contributed by atoms with Crippen LogP contribution in [0.4, 0.5) is 4.39 Å². The number of halogens is 1. The number of amides is 1. The van der Waals surface area contributed by atoms with Crippen molar-refractivity contribution in [2.24, 2.45) is 5.92 Å². The molecule has 0 spiro atoms. The predicted molar refractivity (Wildman–Crippen MR) is 74.2 cm³/mol. The molecule has 0 saturated heterocycles. The van der Waals surface area contributed by atoms with Crippen molar-refractivity contribution in [1.29, 1.82) is 5.26 Å². The highest BCUT2D eigenvalue weighted by molar-refractivity contribution is 5.75. The zero-order chi connectivity index (χ0) is 14.4. The Kier molecular flexibility index (Phi) is 5.11. The molecule has 2 rings (SSSR count). The van der Waals surface area contributed by atoms with E-state index in [1.54, 1.807) is 12.1 Å². The molecular formula is C16H19FN2O. The Morgan fingerprint density at radius 1 is 1.40 bits per heavy atom. The topological polar surface area (TPSA) is 52.9 Å². The minimum Gasteiger partial charge on any atom is -0.352 e. The molecule has 106 valence electrons. The summed E-state index contributed by atoms with van der Waals surface area (Å²) >= 11 is 0. The van der Waals surface area contributed by atoms with Crippen LogP contribution in [0.2, 0.25) is 0 Å². The fourth-order valence-electron chi connectivity index (χ4n) is 2.68. The minimum absolute atomic E-state index is 0.0272. The van der Waals surface area contributed by atoms with Crippen LogP contribution in [0.1, 0.15) is 49.7 Å². The van der Waals surface area contributed by atoms with Crippen LogP contribution in [-0.4, -0.2) is 5.91 Å². The van der Waals surface area contributed by atoms with Gasteiger partial charge in [-0.05, 0) is 24.5 Å². The van der Waals surface area contributed by atoms with Crippen molar-refractivity contribution < 1.29 is 9.18 Å². The molecule has 20 heavy (non-hydrogen) atoms. The summed E-state index contributed by atoms with van der Waals surface area (Å²) < 4.78 is 13.6. The van der Waals surface area contributed by atoms with Gasteiger partial charge in [-0.25, -0.2) is 4.39 Å². The van der Waals surface area contributed by atoms with Crippen LogP contribution in [0.3, 0.4) is 0 Å². The molecule has 4 heteroatoms. The summed E-state index contributed by atoms with van der Waals surface area (Å²) in [5.74, 6) is 0.216. The van der Waals surface area contributed by atoms with Gasteiger partial charge in [0, 0.05) is 18.5 Å². The molecule has 0 atom stereocenters. The van der Waals surface area contributed by atoms with E-state index in [1.807, 2.05) is 6.07 Å². The molecule has 1 aliphatic carbocycles. The van der Waals surface area contributed by atoms with Crippen LogP contribution < -0.4 is 5.32 Å². The number of carbonyl (C=O) groups excluding carboxylic acids is 1. The van der Waals surface area contributed by atoms with Gasteiger partial charge in [-0.2, -0.15) is 5.26 Å². The Labute approximate surface area is 118 Å². The van der Waals surface area contributed by atoms with Crippen molar-refractivity contribution in [1.82, 2.24) is 5.32 Å². The summed E-state index contributed by atoms with van der Waals surface area (Å²) in [6.45, 7) is 0.182. The average Bonchev–Trinajstić information content (AvgIpc) is 2.97. The van der Waals surface area contributed by atoms with Crippen molar-refractivity contribution in [3.05, 3.63) is 35.1 Å². The number of benzene rings is 1. The van der Waals surface area contributed by atoms with Gasteiger partial charge in [0.25, 0.3) is 0 Å². The van der Waals surface area contributed by atoms with Crippen molar-refractivity contribution in [3.8, 4) is 6.07 Å². The lowest BCUT2D eigenvalue weighted by molar-refractivity contribution is -0.121. The Morgan fingerprint density at radius 3 is 2.80 bits per heavy atom. The second kappa shape index (κ2) is 7.04. The molecular weight excluding hydrogens is 255 g/mol. The molecule has 1 amide bonds. The third kappa shape index (κ3) is 4.06. The van der Waals surface area contributed by atoms with E-state index in [9.17, 15) is 9.18 Å². The Bertz CT molecular complexity index is 516. The first-order valence-electron chi connectivity index (χ1n) is 7.14. The van der Waals surface area contributed by atoms with E-state index in [0.29, 0.717) is 23.5 Å². The van der Waals surface area contributed by atoms with Crippen LogP contribution in [0.5, 0.6) is 0 Å². The highest BCUT2D eigenvalue weighted by atomic mass is 19.1. The maximum atomic E-state index is 13.6. The van der Waals surface area contributed by atoms with Crippen LogP contribution in [0, 0.1) is 23.1 Å². The number of rotatable bonds is 5. The molecule has 1 N–H and O–H groups in total. The van der Waals surface area contributed by atoms with Gasteiger partial charge in [-0.1, -0.05) is 31.7 Å². The number of carbonyl (C=O) groups is 1. The molecule has 1 aliphatic rings. The molecule has 1 aromatic rings. The van der Waals surface area contributed by atoms with E-state index in [4.69, 9.17) is 5.26 Å².